The molecule has 0 heterocycles. The minimum Gasteiger partial charge on any atom is -2.00 e. The van der Waals surface area contributed by atoms with Crippen LogP contribution in [0.25, 0.3) is 0 Å². The Hall–Kier alpha value is -1.39. The van der Waals surface area contributed by atoms with Crippen molar-refractivity contribution >= 4 is 5.97 Å². The molecule has 0 aliphatic heterocycles. The number of ether oxygens (including phenoxy) is 1. The van der Waals surface area contributed by atoms with E-state index in [1.807, 2.05) is 0 Å². The average molecular weight is 290 g/mol. The van der Waals surface area contributed by atoms with Crippen LogP contribution in [-0.2, 0) is 31.4 Å². The number of rotatable bonds is 4. The fraction of sp³-hybridized carbons (Fsp3) is 0.182. The molecule has 2 N–H and O–H groups in total. The fourth-order valence-corrected chi connectivity index (χ4v) is 1.27. The Labute approximate surface area is 112 Å². The molecule has 0 aliphatic carbocycles. The molecule has 0 saturated heterocycles. The normalized spacial score (nSPS) is 8.53. The summed E-state index contributed by atoms with van der Waals surface area (Å²) in [5, 5.41) is 18.4. The van der Waals surface area contributed by atoms with E-state index >= 15 is 0 Å². The number of hydrogen-bond acceptors (Lipinski definition) is 3. The number of aromatic hydroxyl groups is 1. The molecule has 0 aliphatic rings. The maximum Gasteiger partial charge on any atom is 2.00 e. The number of carbonyl (C=O) groups is 1. The van der Waals surface area contributed by atoms with Crippen LogP contribution in [0.5, 0.6) is 11.5 Å². The van der Waals surface area contributed by atoms with Gasteiger partial charge in [-0.15, -0.1) is 6.58 Å². The van der Waals surface area contributed by atoms with Crippen LogP contribution in [0.2, 0.25) is 0 Å². The van der Waals surface area contributed by atoms with Gasteiger partial charge in [0, 0.05) is 0 Å². The summed E-state index contributed by atoms with van der Waals surface area (Å²) in [5.41, 5.74) is 0.572. The second-order valence-electron chi connectivity index (χ2n) is 2.99. The van der Waals surface area contributed by atoms with Gasteiger partial charge in [-0.1, -0.05) is 6.08 Å². The molecule has 0 radical (unpaired) electrons. The molecule has 0 bridgehead atoms. The predicted molar refractivity (Wildman–Crippen MR) is 56.2 cm³/mol. The van der Waals surface area contributed by atoms with Crippen LogP contribution >= 0.6 is 0 Å². The first kappa shape index (κ1) is 18.0. The topological polar surface area (TPSA) is 95.3 Å². The molecule has 17 heavy (non-hydrogen) atoms. The number of carboxylic acid groups (broad SMARTS) is 1. The van der Waals surface area contributed by atoms with Gasteiger partial charge in [0.25, 0.3) is 0 Å². The Morgan fingerprint density at radius 1 is 1.53 bits per heavy atom. The minimum atomic E-state index is -1.18. The zero-order valence-corrected chi connectivity index (χ0v) is 12.4. The van der Waals surface area contributed by atoms with E-state index in [4.69, 9.17) is 9.84 Å². The fourth-order valence-electron chi connectivity index (χ4n) is 1.27. The molecular formula is C11H12O5Zn. The molecule has 6 heteroatoms. The Balaban J connectivity index is 0. The average Bonchev–Trinajstić information content (AvgIpc) is 2.20. The van der Waals surface area contributed by atoms with Crippen LogP contribution in [0.3, 0.4) is 0 Å². The summed E-state index contributed by atoms with van der Waals surface area (Å²) in [6, 6.07) is 2.99. The van der Waals surface area contributed by atoms with Gasteiger partial charge in [0.2, 0.25) is 0 Å². The van der Waals surface area contributed by atoms with E-state index in [0.29, 0.717) is 6.42 Å². The Morgan fingerprint density at radius 2 is 2.12 bits per heavy atom. The van der Waals surface area contributed by atoms with Crippen molar-refractivity contribution in [2.75, 3.05) is 7.11 Å². The van der Waals surface area contributed by atoms with Crippen LogP contribution in [-0.4, -0.2) is 23.3 Å². The predicted octanol–water partition coefficient (Wildman–Crippen LogP) is 1.71. The molecule has 5 nitrogen and oxygen atoms in total. The van der Waals surface area contributed by atoms with Gasteiger partial charge in [0.05, 0.1) is 7.11 Å². The molecule has 0 spiro atoms. The van der Waals surface area contributed by atoms with Crippen molar-refractivity contribution in [1.82, 2.24) is 0 Å². The SMILES string of the molecule is C=CCc1cc(OC)c(O)c(C(=O)O)c1.[O-2].[Zn+2]. The molecule has 0 atom stereocenters. The van der Waals surface area contributed by atoms with Crippen molar-refractivity contribution < 1.29 is 44.7 Å². The largest absolute Gasteiger partial charge is 2.00 e. The van der Waals surface area contributed by atoms with Crippen LogP contribution in [0.1, 0.15) is 15.9 Å². The van der Waals surface area contributed by atoms with E-state index in [0.717, 1.165) is 5.56 Å². The van der Waals surface area contributed by atoms with Gasteiger partial charge in [-0.25, -0.2) is 4.79 Å². The van der Waals surface area contributed by atoms with E-state index in [2.05, 4.69) is 6.58 Å². The summed E-state index contributed by atoms with van der Waals surface area (Å²) >= 11 is 0. The minimum absolute atomic E-state index is 0. The number of benzene rings is 1. The van der Waals surface area contributed by atoms with Crippen molar-refractivity contribution in [3.05, 3.63) is 35.9 Å². The van der Waals surface area contributed by atoms with Gasteiger partial charge in [0.1, 0.15) is 5.56 Å². The van der Waals surface area contributed by atoms with Crippen molar-refractivity contribution in [2.24, 2.45) is 0 Å². The molecule has 1 aromatic carbocycles. The van der Waals surface area contributed by atoms with Crippen molar-refractivity contribution in [2.45, 2.75) is 6.42 Å². The Kier molecular flexibility index (Phi) is 8.27. The van der Waals surface area contributed by atoms with Gasteiger partial charge < -0.3 is 20.4 Å². The molecular weight excluding hydrogens is 278 g/mol. The van der Waals surface area contributed by atoms with Crippen molar-refractivity contribution in [3.8, 4) is 11.5 Å². The molecule has 88 valence electrons. The first-order valence-corrected chi connectivity index (χ1v) is 4.34. The number of carboxylic acids is 1. The molecule has 1 rings (SSSR count). The van der Waals surface area contributed by atoms with E-state index in [9.17, 15) is 9.90 Å². The standard InChI is InChI=1S/C11H12O4.O.Zn/c1-3-4-7-5-8(11(13)14)10(12)9(6-7)15-2;;/h3,5-6,12H,1,4H2,2H3,(H,13,14);;/q;-2;+2. The van der Waals surface area contributed by atoms with Crippen molar-refractivity contribution in [3.63, 3.8) is 0 Å². The van der Waals surface area contributed by atoms with Gasteiger partial charge in [-0.2, -0.15) is 0 Å². The summed E-state index contributed by atoms with van der Waals surface area (Å²) in [7, 11) is 1.37. The van der Waals surface area contributed by atoms with E-state index in [1.54, 1.807) is 12.1 Å². The number of phenols is 1. The number of allylic oxidation sites excluding steroid dienone is 1. The van der Waals surface area contributed by atoms with Gasteiger partial charge >= 0.3 is 25.4 Å². The smallest absolute Gasteiger partial charge is 2.00 e. The molecule has 0 fully saturated rings. The molecule has 0 aromatic heterocycles. The van der Waals surface area contributed by atoms with E-state index in [-0.39, 0.29) is 42.0 Å². The van der Waals surface area contributed by atoms with Crippen LogP contribution in [0.15, 0.2) is 24.8 Å². The summed E-state index contributed by atoms with van der Waals surface area (Å²) < 4.78 is 4.88. The van der Waals surface area contributed by atoms with Crippen LogP contribution < -0.4 is 4.74 Å². The second-order valence-corrected chi connectivity index (χ2v) is 2.99. The summed E-state index contributed by atoms with van der Waals surface area (Å²) in [6.45, 7) is 3.56. The Morgan fingerprint density at radius 3 is 2.53 bits per heavy atom. The quantitative estimate of drug-likeness (QED) is 0.651. The number of methoxy groups -OCH3 is 1. The first-order valence-electron chi connectivity index (χ1n) is 4.34. The molecule has 0 unspecified atom stereocenters. The number of hydrogen-bond donors (Lipinski definition) is 2. The maximum absolute atomic E-state index is 10.8. The van der Waals surface area contributed by atoms with E-state index < -0.39 is 5.97 Å². The van der Waals surface area contributed by atoms with Crippen LogP contribution in [0.4, 0.5) is 0 Å². The maximum atomic E-state index is 10.8. The molecule has 0 saturated carbocycles. The third kappa shape index (κ3) is 4.17. The third-order valence-corrected chi connectivity index (χ3v) is 1.97. The number of aromatic carboxylic acids is 1. The van der Waals surface area contributed by atoms with Gasteiger partial charge in [-0.3, -0.25) is 0 Å². The zero-order chi connectivity index (χ0) is 11.4. The van der Waals surface area contributed by atoms with E-state index in [1.165, 1.54) is 13.2 Å². The third-order valence-electron chi connectivity index (χ3n) is 1.97. The molecule has 0 amide bonds. The zero-order valence-electron chi connectivity index (χ0n) is 9.47. The van der Waals surface area contributed by atoms with Gasteiger partial charge in [-0.05, 0) is 24.1 Å². The second kappa shape index (κ2) is 7.82. The van der Waals surface area contributed by atoms with Gasteiger partial charge in [0.15, 0.2) is 11.5 Å². The van der Waals surface area contributed by atoms with Crippen LogP contribution in [0, 0.1) is 0 Å². The summed E-state index contributed by atoms with van der Waals surface area (Å²) in [4.78, 5) is 10.8. The van der Waals surface area contributed by atoms with Crippen molar-refractivity contribution in [1.29, 1.82) is 0 Å². The Bertz CT molecular complexity index is 403. The summed E-state index contributed by atoms with van der Waals surface area (Å²) in [5.74, 6) is -1.37. The monoisotopic (exact) mass is 288 g/mol. The summed E-state index contributed by atoms with van der Waals surface area (Å²) in [6.07, 6.45) is 2.17. The molecule has 1 aromatic rings. The first-order chi connectivity index (χ1) is 7.10.